The van der Waals surface area contributed by atoms with Gasteiger partial charge in [-0.05, 0) is 43.7 Å². The van der Waals surface area contributed by atoms with E-state index in [4.69, 9.17) is 14.0 Å². The van der Waals surface area contributed by atoms with E-state index in [2.05, 4.69) is 20.4 Å². The number of aromatic nitrogens is 3. The molecule has 8 heteroatoms. The van der Waals surface area contributed by atoms with Crippen molar-refractivity contribution in [2.75, 3.05) is 20.3 Å². The van der Waals surface area contributed by atoms with Crippen LogP contribution >= 0.6 is 0 Å². The molecule has 26 heavy (non-hydrogen) atoms. The third-order valence-corrected chi connectivity index (χ3v) is 4.51. The van der Waals surface area contributed by atoms with E-state index < -0.39 is 0 Å². The lowest BCUT2D eigenvalue weighted by atomic mass is 9.91. The fourth-order valence-corrected chi connectivity index (χ4v) is 3.09. The van der Waals surface area contributed by atoms with E-state index in [0.29, 0.717) is 43.5 Å². The zero-order valence-electron chi connectivity index (χ0n) is 15.1. The summed E-state index contributed by atoms with van der Waals surface area (Å²) in [4.78, 5) is 21.0. The molecular weight excluding hydrogens is 336 g/mol. The van der Waals surface area contributed by atoms with Crippen molar-refractivity contribution in [3.63, 3.8) is 0 Å². The van der Waals surface area contributed by atoms with Crippen LogP contribution in [0.3, 0.4) is 0 Å². The van der Waals surface area contributed by atoms with Crippen molar-refractivity contribution in [3.8, 4) is 5.75 Å². The Morgan fingerprint density at radius 1 is 1.38 bits per heavy atom. The fourth-order valence-electron chi connectivity index (χ4n) is 3.09. The minimum absolute atomic E-state index is 0.0554. The molecule has 1 aliphatic rings. The van der Waals surface area contributed by atoms with Crippen LogP contribution in [0.2, 0.25) is 0 Å². The number of hydrogen-bond donors (Lipinski definition) is 1. The minimum Gasteiger partial charge on any atom is -0.495 e. The predicted octanol–water partition coefficient (Wildman–Crippen LogP) is 2.00. The molecule has 0 spiro atoms. The van der Waals surface area contributed by atoms with Gasteiger partial charge in [-0.15, -0.1) is 0 Å². The van der Waals surface area contributed by atoms with Gasteiger partial charge in [0, 0.05) is 25.8 Å². The van der Waals surface area contributed by atoms with Gasteiger partial charge >= 0.3 is 0 Å². The van der Waals surface area contributed by atoms with Crippen molar-refractivity contribution >= 4 is 5.91 Å². The van der Waals surface area contributed by atoms with E-state index in [1.54, 1.807) is 26.4 Å². The Bertz CT molecular complexity index is 727. The highest BCUT2D eigenvalue weighted by atomic mass is 16.5. The summed E-state index contributed by atoms with van der Waals surface area (Å²) in [6, 6.07) is 1.61. The Labute approximate surface area is 152 Å². The normalized spacial score (nSPS) is 16.2. The third kappa shape index (κ3) is 4.78. The van der Waals surface area contributed by atoms with Crippen LogP contribution in [0.15, 0.2) is 23.0 Å². The van der Waals surface area contributed by atoms with E-state index in [0.717, 1.165) is 18.4 Å². The topological polar surface area (TPSA) is 99.4 Å². The van der Waals surface area contributed by atoms with Gasteiger partial charge in [0.1, 0.15) is 11.8 Å². The van der Waals surface area contributed by atoms with E-state index in [1.165, 1.54) is 0 Å². The van der Waals surface area contributed by atoms with Gasteiger partial charge in [-0.25, -0.2) is 0 Å². The Morgan fingerprint density at radius 2 is 2.19 bits per heavy atom. The van der Waals surface area contributed by atoms with Crippen LogP contribution in [0.5, 0.6) is 5.75 Å². The number of methoxy groups -OCH3 is 1. The van der Waals surface area contributed by atoms with E-state index in [-0.39, 0.29) is 17.9 Å². The lowest BCUT2D eigenvalue weighted by molar-refractivity contribution is -0.122. The summed E-state index contributed by atoms with van der Waals surface area (Å²) in [7, 11) is 1.60. The van der Waals surface area contributed by atoms with Crippen molar-refractivity contribution in [2.24, 2.45) is 5.92 Å². The molecule has 1 saturated heterocycles. The highest BCUT2D eigenvalue weighted by molar-refractivity contribution is 5.76. The van der Waals surface area contributed by atoms with Crippen molar-refractivity contribution in [2.45, 2.75) is 38.6 Å². The van der Waals surface area contributed by atoms with Gasteiger partial charge in [-0.2, -0.15) is 4.98 Å². The average molecular weight is 360 g/mol. The first kappa shape index (κ1) is 18.3. The second-order valence-electron chi connectivity index (χ2n) is 6.41. The second kappa shape index (κ2) is 8.75. The molecule has 0 bridgehead atoms. The highest BCUT2D eigenvalue weighted by Gasteiger charge is 2.31. The molecule has 1 aliphatic heterocycles. The summed E-state index contributed by atoms with van der Waals surface area (Å²) in [6.45, 7) is 3.13. The number of carbonyl (C=O) groups is 1. The smallest absolute Gasteiger partial charge is 0.249 e. The van der Waals surface area contributed by atoms with Gasteiger partial charge in [0.05, 0.1) is 13.3 Å². The van der Waals surface area contributed by atoms with Crippen LogP contribution in [0, 0.1) is 12.8 Å². The zero-order chi connectivity index (χ0) is 18.4. The molecule has 1 fully saturated rings. The van der Waals surface area contributed by atoms with Gasteiger partial charge < -0.3 is 19.3 Å². The molecule has 2 aromatic rings. The average Bonchev–Trinajstić information content (AvgIpc) is 3.11. The van der Waals surface area contributed by atoms with Gasteiger partial charge in [0.2, 0.25) is 11.8 Å². The van der Waals surface area contributed by atoms with Crippen LogP contribution in [0.1, 0.15) is 42.6 Å². The first-order chi connectivity index (χ1) is 12.7. The summed E-state index contributed by atoms with van der Waals surface area (Å²) in [6.07, 6.45) is 6.02. The fraction of sp³-hybridized carbons (Fsp3) is 0.556. The van der Waals surface area contributed by atoms with E-state index >= 15 is 0 Å². The number of hydrogen-bond acceptors (Lipinski definition) is 7. The molecule has 8 nitrogen and oxygen atoms in total. The van der Waals surface area contributed by atoms with Crippen molar-refractivity contribution in [1.29, 1.82) is 0 Å². The number of aryl methyl sites for hydroxylation is 2. The van der Waals surface area contributed by atoms with Gasteiger partial charge in [0.25, 0.3) is 0 Å². The second-order valence-corrected chi connectivity index (χ2v) is 6.41. The molecule has 0 aromatic carbocycles. The van der Waals surface area contributed by atoms with Gasteiger partial charge in [0.15, 0.2) is 5.82 Å². The largest absolute Gasteiger partial charge is 0.495 e. The molecule has 0 saturated carbocycles. The summed E-state index contributed by atoms with van der Waals surface area (Å²) in [5, 5.41) is 6.93. The molecule has 0 unspecified atom stereocenters. The van der Waals surface area contributed by atoms with Crippen LogP contribution in [-0.4, -0.2) is 41.4 Å². The number of pyridine rings is 1. The summed E-state index contributed by atoms with van der Waals surface area (Å²) in [5.74, 6) is 1.88. The molecular formula is C18H24N4O4. The maximum Gasteiger partial charge on any atom is 0.249 e. The molecule has 3 rings (SSSR count). The van der Waals surface area contributed by atoms with Crippen LogP contribution in [0.25, 0.3) is 0 Å². The van der Waals surface area contributed by atoms with Gasteiger partial charge in [-0.3, -0.25) is 9.78 Å². The lowest BCUT2D eigenvalue weighted by Gasteiger charge is -2.28. The quantitative estimate of drug-likeness (QED) is 0.806. The summed E-state index contributed by atoms with van der Waals surface area (Å²) < 4.78 is 15.9. The third-order valence-electron chi connectivity index (χ3n) is 4.51. The van der Waals surface area contributed by atoms with Crippen LogP contribution < -0.4 is 10.1 Å². The number of amides is 1. The zero-order valence-corrected chi connectivity index (χ0v) is 15.1. The molecule has 140 valence electrons. The molecule has 1 amide bonds. The monoisotopic (exact) mass is 360 g/mol. The molecule has 0 radical (unpaired) electrons. The Hall–Kier alpha value is -2.48. The predicted molar refractivity (Wildman–Crippen MR) is 92.6 cm³/mol. The Kier molecular flexibility index (Phi) is 6.17. The number of nitrogens with one attached hydrogen (secondary N) is 1. The van der Waals surface area contributed by atoms with Crippen molar-refractivity contribution < 1.29 is 18.8 Å². The number of rotatable bonds is 7. The van der Waals surface area contributed by atoms with Gasteiger partial charge in [-0.1, -0.05) is 5.16 Å². The SMILES string of the molecule is COc1cncc(CCC(=O)N[C@H](c2nc(C)no2)C2CCOCC2)c1. The molecule has 1 N–H and O–H groups in total. The number of ether oxygens (including phenoxy) is 2. The molecule has 2 aromatic heterocycles. The lowest BCUT2D eigenvalue weighted by Crippen LogP contribution is -2.36. The van der Waals surface area contributed by atoms with Crippen LogP contribution in [-0.2, 0) is 16.0 Å². The summed E-state index contributed by atoms with van der Waals surface area (Å²) in [5.41, 5.74) is 0.954. The molecule has 1 atom stereocenters. The first-order valence-corrected chi connectivity index (χ1v) is 8.81. The maximum absolute atomic E-state index is 12.5. The molecule has 0 aliphatic carbocycles. The number of nitrogens with zero attached hydrogens (tertiary/aromatic N) is 3. The Morgan fingerprint density at radius 3 is 2.88 bits per heavy atom. The highest BCUT2D eigenvalue weighted by Crippen LogP contribution is 2.29. The van der Waals surface area contributed by atoms with E-state index in [9.17, 15) is 4.79 Å². The first-order valence-electron chi connectivity index (χ1n) is 8.81. The minimum atomic E-state index is -0.281. The molecule has 3 heterocycles. The van der Waals surface area contributed by atoms with Crippen molar-refractivity contribution in [3.05, 3.63) is 35.7 Å². The maximum atomic E-state index is 12.5. The number of carbonyl (C=O) groups excluding carboxylic acids is 1. The van der Waals surface area contributed by atoms with Crippen LogP contribution in [0.4, 0.5) is 0 Å². The standard InChI is InChI=1S/C18H24N4O4/c1-12-20-18(26-22-12)17(14-5-7-25-8-6-14)21-16(23)4-3-13-9-15(24-2)11-19-10-13/h9-11,14,17H,3-8H2,1-2H3,(H,21,23)/t17-/m0/s1. The summed E-state index contributed by atoms with van der Waals surface area (Å²) >= 11 is 0. The Balaban J connectivity index is 1.62. The van der Waals surface area contributed by atoms with E-state index in [1.807, 2.05) is 6.07 Å². The van der Waals surface area contributed by atoms with Crippen molar-refractivity contribution in [1.82, 2.24) is 20.4 Å².